The van der Waals surface area contributed by atoms with Crippen LogP contribution in [0.15, 0.2) is 48.5 Å². The Balaban J connectivity index is 1.87. The Hall–Kier alpha value is -1.84. The second-order valence-electron chi connectivity index (χ2n) is 6.23. The standard InChI is InChI=1S/C19H23ClN2O/c1-14(2)16-10-8-15(9-11-16)12-22(3)13-19(23)21-18-7-5-4-6-17(18)20/h4-11,14H,12-13H2,1-3H3,(H,21,23)/p+1. The predicted molar refractivity (Wildman–Crippen MR) is 96.1 cm³/mol. The number of hydrogen-bond donors (Lipinski definition) is 2. The fourth-order valence-electron chi connectivity index (χ4n) is 2.46. The van der Waals surface area contributed by atoms with Gasteiger partial charge in [0.25, 0.3) is 5.91 Å². The molecule has 2 aromatic carbocycles. The van der Waals surface area contributed by atoms with Gasteiger partial charge in [-0.25, -0.2) is 0 Å². The maximum atomic E-state index is 12.1. The van der Waals surface area contributed by atoms with Gasteiger partial charge in [-0.1, -0.05) is 61.8 Å². The number of rotatable bonds is 6. The molecule has 23 heavy (non-hydrogen) atoms. The minimum Gasteiger partial charge on any atom is -0.326 e. The lowest BCUT2D eigenvalue weighted by atomic mass is 10.0. The molecule has 2 aromatic rings. The lowest BCUT2D eigenvalue weighted by Crippen LogP contribution is -3.08. The molecule has 0 bridgehead atoms. The Kier molecular flexibility index (Phi) is 6.20. The highest BCUT2D eigenvalue weighted by Gasteiger charge is 2.12. The second-order valence-corrected chi connectivity index (χ2v) is 6.64. The number of quaternary nitrogens is 1. The number of para-hydroxylation sites is 1. The van der Waals surface area contributed by atoms with Crippen LogP contribution in [0.25, 0.3) is 0 Å². The highest BCUT2D eigenvalue weighted by molar-refractivity contribution is 6.33. The molecule has 1 atom stereocenters. The van der Waals surface area contributed by atoms with Gasteiger partial charge >= 0.3 is 0 Å². The van der Waals surface area contributed by atoms with E-state index in [-0.39, 0.29) is 5.91 Å². The Morgan fingerprint density at radius 3 is 2.39 bits per heavy atom. The van der Waals surface area contributed by atoms with E-state index in [2.05, 4.69) is 43.4 Å². The molecule has 0 aliphatic heterocycles. The number of hydrogen-bond acceptors (Lipinski definition) is 1. The summed E-state index contributed by atoms with van der Waals surface area (Å²) in [5.74, 6) is 0.505. The predicted octanol–water partition coefficient (Wildman–Crippen LogP) is 3.12. The van der Waals surface area contributed by atoms with E-state index in [4.69, 9.17) is 11.6 Å². The number of anilines is 1. The summed E-state index contributed by atoms with van der Waals surface area (Å²) in [5.41, 5.74) is 3.23. The zero-order chi connectivity index (χ0) is 16.8. The van der Waals surface area contributed by atoms with Crippen LogP contribution in [-0.4, -0.2) is 19.5 Å². The molecule has 0 saturated heterocycles. The normalized spacial score (nSPS) is 12.2. The van der Waals surface area contributed by atoms with Crippen LogP contribution in [-0.2, 0) is 11.3 Å². The van der Waals surface area contributed by atoms with Crippen molar-refractivity contribution in [3.8, 4) is 0 Å². The highest BCUT2D eigenvalue weighted by Crippen LogP contribution is 2.20. The van der Waals surface area contributed by atoms with Crippen molar-refractivity contribution in [3.63, 3.8) is 0 Å². The summed E-state index contributed by atoms with van der Waals surface area (Å²) in [7, 11) is 2.02. The zero-order valence-corrected chi connectivity index (χ0v) is 14.7. The molecule has 1 amide bonds. The molecule has 1 unspecified atom stereocenters. The molecule has 0 radical (unpaired) electrons. The van der Waals surface area contributed by atoms with Crippen LogP contribution >= 0.6 is 11.6 Å². The average molecular weight is 332 g/mol. The topological polar surface area (TPSA) is 33.5 Å². The summed E-state index contributed by atoms with van der Waals surface area (Å²) in [5, 5.41) is 3.42. The molecular weight excluding hydrogens is 308 g/mol. The van der Waals surface area contributed by atoms with Crippen molar-refractivity contribution < 1.29 is 9.69 Å². The van der Waals surface area contributed by atoms with Crippen LogP contribution in [0.1, 0.15) is 30.9 Å². The molecule has 2 rings (SSSR count). The summed E-state index contributed by atoms with van der Waals surface area (Å²) in [6.45, 7) is 5.59. The van der Waals surface area contributed by atoms with Gasteiger partial charge < -0.3 is 10.2 Å². The largest absolute Gasteiger partial charge is 0.326 e. The Bertz CT molecular complexity index is 653. The molecule has 0 aromatic heterocycles. The molecular formula is C19H24ClN2O+. The van der Waals surface area contributed by atoms with Gasteiger partial charge in [0, 0.05) is 5.56 Å². The number of carbonyl (C=O) groups is 1. The summed E-state index contributed by atoms with van der Waals surface area (Å²) in [6, 6.07) is 15.9. The van der Waals surface area contributed by atoms with Gasteiger partial charge in [-0.3, -0.25) is 4.79 Å². The highest BCUT2D eigenvalue weighted by atomic mass is 35.5. The van der Waals surface area contributed by atoms with Crippen molar-refractivity contribution >= 4 is 23.2 Å². The quantitative estimate of drug-likeness (QED) is 0.837. The molecule has 0 spiro atoms. The molecule has 2 N–H and O–H groups in total. The Morgan fingerprint density at radius 2 is 1.78 bits per heavy atom. The minimum absolute atomic E-state index is 0.0330. The van der Waals surface area contributed by atoms with E-state index in [9.17, 15) is 4.79 Å². The minimum atomic E-state index is -0.0330. The maximum Gasteiger partial charge on any atom is 0.279 e. The lowest BCUT2D eigenvalue weighted by molar-refractivity contribution is -0.885. The van der Waals surface area contributed by atoms with Crippen LogP contribution in [0.3, 0.4) is 0 Å². The van der Waals surface area contributed by atoms with Crippen molar-refractivity contribution in [2.75, 3.05) is 18.9 Å². The third-order valence-electron chi connectivity index (χ3n) is 3.76. The second kappa shape index (κ2) is 8.14. The van der Waals surface area contributed by atoms with Gasteiger partial charge in [-0.05, 0) is 23.6 Å². The smallest absolute Gasteiger partial charge is 0.279 e. The molecule has 4 heteroatoms. The van der Waals surface area contributed by atoms with Gasteiger partial charge in [0.15, 0.2) is 6.54 Å². The summed E-state index contributed by atoms with van der Waals surface area (Å²) in [4.78, 5) is 13.2. The SMILES string of the molecule is CC(C)c1ccc(C[NH+](C)CC(=O)Nc2ccccc2Cl)cc1. The molecule has 0 aliphatic rings. The molecule has 0 heterocycles. The summed E-state index contributed by atoms with van der Waals surface area (Å²) in [6.07, 6.45) is 0. The van der Waals surface area contributed by atoms with Crippen molar-refractivity contribution in [1.82, 2.24) is 0 Å². The first-order valence-corrected chi connectivity index (χ1v) is 8.28. The third kappa shape index (κ3) is 5.38. The van der Waals surface area contributed by atoms with Gasteiger partial charge in [-0.2, -0.15) is 0 Å². The van der Waals surface area contributed by atoms with E-state index in [1.807, 2.05) is 19.2 Å². The van der Waals surface area contributed by atoms with E-state index in [1.54, 1.807) is 12.1 Å². The van der Waals surface area contributed by atoms with E-state index in [0.29, 0.717) is 23.2 Å². The van der Waals surface area contributed by atoms with Crippen LogP contribution in [0, 0.1) is 0 Å². The van der Waals surface area contributed by atoms with Gasteiger partial charge in [0.2, 0.25) is 0 Å². The number of likely N-dealkylation sites (N-methyl/N-ethyl adjacent to an activating group) is 1. The van der Waals surface area contributed by atoms with Crippen molar-refractivity contribution in [2.24, 2.45) is 0 Å². The molecule has 0 saturated carbocycles. The fourth-order valence-corrected chi connectivity index (χ4v) is 2.65. The lowest BCUT2D eigenvalue weighted by Gasteiger charge is -2.15. The molecule has 0 fully saturated rings. The number of halogens is 1. The van der Waals surface area contributed by atoms with Crippen LogP contribution < -0.4 is 10.2 Å². The average Bonchev–Trinajstić information content (AvgIpc) is 2.50. The number of benzene rings is 2. The zero-order valence-electron chi connectivity index (χ0n) is 13.9. The third-order valence-corrected chi connectivity index (χ3v) is 4.09. The molecule has 122 valence electrons. The van der Waals surface area contributed by atoms with Gasteiger partial charge in [0.05, 0.1) is 17.8 Å². The van der Waals surface area contributed by atoms with Crippen LogP contribution in [0.5, 0.6) is 0 Å². The number of amides is 1. The molecule has 3 nitrogen and oxygen atoms in total. The van der Waals surface area contributed by atoms with E-state index < -0.39 is 0 Å². The number of nitrogens with one attached hydrogen (secondary N) is 2. The van der Waals surface area contributed by atoms with Gasteiger partial charge in [-0.15, -0.1) is 0 Å². The molecule has 0 aliphatic carbocycles. The van der Waals surface area contributed by atoms with Crippen LogP contribution in [0.4, 0.5) is 5.69 Å². The van der Waals surface area contributed by atoms with E-state index in [1.165, 1.54) is 11.1 Å². The number of carbonyl (C=O) groups excluding carboxylic acids is 1. The summed E-state index contributed by atoms with van der Waals surface area (Å²) < 4.78 is 0. The van der Waals surface area contributed by atoms with Crippen molar-refractivity contribution in [1.29, 1.82) is 0 Å². The monoisotopic (exact) mass is 331 g/mol. The van der Waals surface area contributed by atoms with Crippen molar-refractivity contribution in [3.05, 3.63) is 64.7 Å². The summed E-state index contributed by atoms with van der Waals surface area (Å²) >= 11 is 6.05. The Morgan fingerprint density at radius 1 is 1.13 bits per heavy atom. The van der Waals surface area contributed by atoms with E-state index >= 15 is 0 Å². The Labute approximate surface area is 143 Å². The fraction of sp³-hybridized carbons (Fsp3) is 0.316. The first kappa shape index (κ1) is 17.5. The first-order valence-electron chi connectivity index (χ1n) is 7.90. The van der Waals surface area contributed by atoms with E-state index in [0.717, 1.165) is 11.4 Å². The van der Waals surface area contributed by atoms with Crippen molar-refractivity contribution in [2.45, 2.75) is 26.3 Å². The maximum absolute atomic E-state index is 12.1. The first-order chi connectivity index (χ1) is 11.0. The van der Waals surface area contributed by atoms with Gasteiger partial charge in [0.1, 0.15) is 6.54 Å². The van der Waals surface area contributed by atoms with Crippen LogP contribution in [0.2, 0.25) is 5.02 Å².